The maximum atomic E-state index is 14.6. The van der Waals surface area contributed by atoms with Crippen molar-refractivity contribution in [2.24, 2.45) is 0 Å². The molecule has 0 saturated heterocycles. The molecule has 12 heteroatoms. The molecule has 1 aliphatic rings. The minimum Gasteiger partial charge on any atom is -0.760 e. The number of ether oxygens (including phenoxy) is 2. The van der Waals surface area contributed by atoms with Crippen molar-refractivity contribution in [3.63, 3.8) is 0 Å². The van der Waals surface area contributed by atoms with E-state index in [4.69, 9.17) is 19.0 Å². The molecule has 0 saturated carbocycles. The minimum atomic E-state index is -2.50. The molecular weight excluding hydrogens is 582 g/mol. The highest BCUT2D eigenvalue weighted by atomic mass is 32.2. The maximum absolute atomic E-state index is 14.6. The van der Waals surface area contributed by atoms with Crippen molar-refractivity contribution in [2.75, 3.05) is 20.3 Å². The summed E-state index contributed by atoms with van der Waals surface area (Å²) in [6, 6.07) is 13.3. The molecule has 2 atom stereocenters. The fraction of sp³-hybridized carbons (Fsp3) is 0.226. The van der Waals surface area contributed by atoms with Crippen LogP contribution in [0.2, 0.25) is 0 Å². The summed E-state index contributed by atoms with van der Waals surface area (Å²) in [5, 5.41) is 20.2. The van der Waals surface area contributed by atoms with Gasteiger partial charge in [0.2, 0.25) is 0 Å². The van der Waals surface area contributed by atoms with Crippen LogP contribution in [0, 0.1) is 25.5 Å². The molecule has 0 amide bonds. The van der Waals surface area contributed by atoms with Gasteiger partial charge in [0.1, 0.15) is 35.4 Å². The Kier molecular flexibility index (Phi) is 8.95. The smallest absolute Gasteiger partial charge is 0.168 e. The minimum absolute atomic E-state index is 0.0282. The molecule has 0 radical (unpaired) electrons. The van der Waals surface area contributed by atoms with E-state index in [9.17, 15) is 22.6 Å². The number of rotatable bonds is 10. The lowest BCUT2D eigenvalue weighted by molar-refractivity contribution is 0.0511. The molecule has 3 N–H and O–H groups in total. The summed E-state index contributed by atoms with van der Waals surface area (Å²) in [5.41, 5.74) is 4.33. The normalized spacial score (nSPS) is 15.2. The molecule has 1 aliphatic heterocycles. The lowest BCUT2D eigenvalue weighted by Crippen LogP contribution is -2.23. The molecule has 43 heavy (non-hydrogen) atoms. The molecule has 5 rings (SSSR count). The van der Waals surface area contributed by atoms with Crippen molar-refractivity contribution in [3.05, 3.63) is 106 Å². The predicted molar refractivity (Wildman–Crippen MR) is 155 cm³/mol. The van der Waals surface area contributed by atoms with Crippen LogP contribution in [0.3, 0.4) is 0 Å². The lowest BCUT2D eigenvalue weighted by atomic mass is 9.95. The Hall–Kier alpha value is -4.07. The van der Waals surface area contributed by atoms with Gasteiger partial charge in [0.05, 0.1) is 6.61 Å². The number of nitrogens with one attached hydrogen (secondary N) is 1. The van der Waals surface area contributed by atoms with E-state index in [1.807, 2.05) is 26.0 Å². The Morgan fingerprint density at radius 1 is 1.07 bits per heavy atom. The van der Waals surface area contributed by atoms with Crippen molar-refractivity contribution < 1.29 is 41.6 Å². The third kappa shape index (κ3) is 6.48. The van der Waals surface area contributed by atoms with Crippen molar-refractivity contribution in [1.82, 2.24) is 9.62 Å². The van der Waals surface area contributed by atoms with E-state index in [1.54, 1.807) is 42.4 Å². The largest absolute Gasteiger partial charge is 0.760 e. The Morgan fingerprint density at radius 3 is 2.47 bits per heavy atom. The van der Waals surface area contributed by atoms with Gasteiger partial charge in [0.15, 0.2) is 17.8 Å². The third-order valence-electron chi connectivity index (χ3n) is 6.93. The molecule has 4 aromatic rings. The Labute approximate surface area is 249 Å². The number of fused-ring (bicyclic) bond motifs is 1. The number of furan rings is 1. The first-order valence-electron chi connectivity index (χ1n) is 13.3. The van der Waals surface area contributed by atoms with Gasteiger partial charge in [0, 0.05) is 59.4 Å². The van der Waals surface area contributed by atoms with Gasteiger partial charge in [-0.2, -0.15) is 0 Å². The summed E-state index contributed by atoms with van der Waals surface area (Å²) in [4.78, 5) is 1.57. The van der Waals surface area contributed by atoms with Crippen LogP contribution in [0.4, 0.5) is 8.78 Å². The van der Waals surface area contributed by atoms with Crippen molar-refractivity contribution in [3.8, 4) is 28.6 Å². The van der Waals surface area contributed by atoms with Gasteiger partial charge in [-0.15, -0.1) is 0 Å². The molecule has 0 aliphatic carbocycles. The standard InChI is InChI=1S/C31H30F2N2O7S/c1-17-10-20(11-18(2)29(17)40-9-8-36)28-14-23-30(42-28)24(16-35(3)31(23)37)22-12-19(15-34-43(38)39)4-6-26(22)41-27-7-5-21(32)13-25(27)33/h4-7,10-14,16,31,34,36-37H,8-9,15H2,1-3H3,(H,38,39)/p-1. The highest BCUT2D eigenvalue weighted by Gasteiger charge is 2.31. The zero-order chi connectivity index (χ0) is 30.8. The van der Waals surface area contributed by atoms with Gasteiger partial charge in [-0.1, -0.05) is 6.07 Å². The van der Waals surface area contributed by atoms with E-state index in [-0.39, 0.29) is 31.3 Å². The molecule has 3 aromatic carbocycles. The fourth-order valence-electron chi connectivity index (χ4n) is 4.97. The van der Waals surface area contributed by atoms with Gasteiger partial charge in [-0.25, -0.2) is 13.5 Å². The van der Waals surface area contributed by atoms with Crippen LogP contribution in [0.15, 0.2) is 65.2 Å². The van der Waals surface area contributed by atoms with E-state index in [1.165, 1.54) is 6.07 Å². The Morgan fingerprint density at radius 2 is 1.79 bits per heavy atom. The van der Waals surface area contributed by atoms with E-state index in [0.29, 0.717) is 45.6 Å². The zero-order valence-electron chi connectivity index (χ0n) is 23.5. The highest BCUT2D eigenvalue weighted by molar-refractivity contribution is 7.77. The number of aliphatic hydroxyl groups is 2. The van der Waals surface area contributed by atoms with E-state index >= 15 is 0 Å². The molecule has 0 spiro atoms. The monoisotopic (exact) mass is 611 g/mol. The van der Waals surface area contributed by atoms with Crippen molar-refractivity contribution in [2.45, 2.75) is 26.6 Å². The summed E-state index contributed by atoms with van der Waals surface area (Å²) in [5.74, 6) is -0.219. The summed E-state index contributed by atoms with van der Waals surface area (Å²) in [7, 11) is 1.67. The topological polar surface area (TPSA) is 127 Å². The quantitative estimate of drug-likeness (QED) is 0.209. The van der Waals surface area contributed by atoms with Crippen LogP contribution in [-0.2, 0) is 17.8 Å². The zero-order valence-corrected chi connectivity index (χ0v) is 24.3. The van der Waals surface area contributed by atoms with Gasteiger partial charge >= 0.3 is 0 Å². The molecule has 1 aromatic heterocycles. The summed E-state index contributed by atoms with van der Waals surface area (Å²) in [6.45, 7) is 3.78. The van der Waals surface area contributed by atoms with Crippen LogP contribution in [0.1, 0.15) is 39.8 Å². The van der Waals surface area contributed by atoms with Crippen LogP contribution < -0.4 is 14.2 Å². The Balaban J connectivity index is 1.61. The van der Waals surface area contributed by atoms with E-state index < -0.39 is 29.1 Å². The first-order valence-corrected chi connectivity index (χ1v) is 14.3. The van der Waals surface area contributed by atoms with Gasteiger partial charge in [-0.3, -0.25) is 4.21 Å². The summed E-state index contributed by atoms with van der Waals surface area (Å²) in [6.07, 6.45) is 0.603. The van der Waals surface area contributed by atoms with Gasteiger partial charge in [0.25, 0.3) is 0 Å². The van der Waals surface area contributed by atoms with E-state index in [2.05, 4.69) is 4.72 Å². The van der Waals surface area contributed by atoms with Crippen molar-refractivity contribution >= 4 is 16.8 Å². The first-order chi connectivity index (χ1) is 20.5. The van der Waals surface area contributed by atoms with E-state index in [0.717, 1.165) is 22.8 Å². The number of nitrogens with zero attached hydrogens (tertiary/aromatic N) is 1. The van der Waals surface area contributed by atoms with Crippen LogP contribution in [-0.4, -0.2) is 44.1 Å². The number of benzene rings is 3. The summed E-state index contributed by atoms with van der Waals surface area (Å²) >= 11 is -2.50. The second-order valence-electron chi connectivity index (χ2n) is 10.1. The molecule has 2 heterocycles. The second-order valence-corrected chi connectivity index (χ2v) is 10.8. The molecule has 0 bridgehead atoms. The fourth-order valence-corrected chi connectivity index (χ4v) is 5.25. The average Bonchev–Trinajstić information content (AvgIpc) is 3.41. The molecular formula is C31H29F2N2O7S-. The maximum Gasteiger partial charge on any atom is 0.168 e. The van der Waals surface area contributed by atoms with Crippen molar-refractivity contribution in [1.29, 1.82) is 0 Å². The van der Waals surface area contributed by atoms with Crippen LogP contribution >= 0.6 is 0 Å². The molecule has 0 fully saturated rings. The number of hydrogen-bond acceptors (Lipinski definition) is 8. The van der Waals surface area contributed by atoms with Crippen LogP contribution in [0.25, 0.3) is 16.9 Å². The number of aryl methyl sites for hydroxylation is 2. The first kappa shape index (κ1) is 30.4. The second kappa shape index (κ2) is 12.7. The van der Waals surface area contributed by atoms with Crippen LogP contribution in [0.5, 0.6) is 17.2 Å². The SMILES string of the molecule is Cc1cc(-c2cc3c(o2)C(c2cc(CNS(=O)[O-])ccc2Oc2ccc(F)cc2F)=CN(C)C3O)cc(C)c1OCCO. The summed E-state index contributed by atoms with van der Waals surface area (Å²) < 4.78 is 70.7. The lowest BCUT2D eigenvalue weighted by Gasteiger charge is -2.28. The molecule has 2 unspecified atom stereocenters. The average molecular weight is 612 g/mol. The number of hydrogen-bond donors (Lipinski definition) is 3. The molecule has 9 nitrogen and oxygen atoms in total. The van der Waals surface area contributed by atoms with Gasteiger partial charge in [-0.05, 0) is 73.0 Å². The highest BCUT2D eigenvalue weighted by Crippen LogP contribution is 2.44. The predicted octanol–water partition coefficient (Wildman–Crippen LogP) is 5.21. The Bertz CT molecular complexity index is 1700. The number of aliphatic hydroxyl groups excluding tert-OH is 2. The third-order valence-corrected chi connectivity index (χ3v) is 7.31. The number of halogens is 2. The molecule has 226 valence electrons. The van der Waals surface area contributed by atoms with Gasteiger partial charge < -0.3 is 33.6 Å².